The lowest BCUT2D eigenvalue weighted by molar-refractivity contribution is 0.340. The summed E-state index contributed by atoms with van der Waals surface area (Å²) in [7, 11) is 4.61. The van der Waals surface area contributed by atoms with Crippen molar-refractivity contribution in [1.82, 2.24) is 4.68 Å². The molecular weight excluding hydrogens is 414 g/mol. The molecule has 0 spiro atoms. The van der Waals surface area contributed by atoms with Crippen LogP contribution in [0.3, 0.4) is 0 Å². The molecule has 1 aromatic heterocycles. The van der Waals surface area contributed by atoms with E-state index in [4.69, 9.17) is 14.2 Å². The van der Waals surface area contributed by atoms with E-state index in [0.717, 1.165) is 27.4 Å². The smallest absolute Gasteiger partial charge is 0.206 e. The van der Waals surface area contributed by atoms with E-state index in [1.165, 1.54) is 25.6 Å². The lowest BCUT2D eigenvalue weighted by Gasteiger charge is -2.09. The second-order valence-corrected chi connectivity index (χ2v) is 7.57. The molecule has 0 aliphatic rings. The zero-order chi connectivity index (χ0) is 22.4. The molecule has 0 amide bonds. The van der Waals surface area contributed by atoms with Gasteiger partial charge < -0.3 is 19.3 Å². The van der Waals surface area contributed by atoms with Gasteiger partial charge in [0.15, 0.2) is 11.5 Å². The number of phenols is 1. The molecule has 1 N–H and O–H groups in total. The van der Waals surface area contributed by atoms with E-state index in [2.05, 4.69) is 16.7 Å². The van der Waals surface area contributed by atoms with Gasteiger partial charge in [-0.1, -0.05) is 12.2 Å². The highest BCUT2D eigenvalue weighted by molar-refractivity contribution is 7.07. The number of ether oxygens (including phenoxy) is 3. The monoisotopic (exact) mass is 439 g/mol. The molecule has 0 fully saturated rings. The number of methoxy groups -OCH3 is 3. The zero-order valence-corrected chi connectivity index (χ0v) is 18.8. The SMILES string of the molecule is C=C(C)CN=c1scc(-c2ccc(OC)cc2)n1N=Cc1cc(OC)c(O)c(OC)c1. The van der Waals surface area contributed by atoms with Crippen LogP contribution in [0.4, 0.5) is 0 Å². The van der Waals surface area contributed by atoms with Crippen LogP contribution in [-0.4, -0.2) is 43.9 Å². The van der Waals surface area contributed by atoms with Crippen molar-refractivity contribution in [2.24, 2.45) is 10.1 Å². The average Bonchev–Trinajstić information content (AvgIpc) is 3.19. The molecule has 31 heavy (non-hydrogen) atoms. The quantitative estimate of drug-likeness (QED) is 0.419. The van der Waals surface area contributed by atoms with Crippen molar-refractivity contribution >= 4 is 17.6 Å². The minimum absolute atomic E-state index is 0.0543. The second kappa shape index (κ2) is 9.99. The number of hydrogen-bond acceptors (Lipinski definition) is 7. The van der Waals surface area contributed by atoms with E-state index in [-0.39, 0.29) is 5.75 Å². The Hall–Kier alpha value is -3.52. The van der Waals surface area contributed by atoms with Crippen molar-refractivity contribution in [3.63, 3.8) is 0 Å². The van der Waals surface area contributed by atoms with E-state index in [1.54, 1.807) is 30.1 Å². The van der Waals surface area contributed by atoms with Gasteiger partial charge >= 0.3 is 0 Å². The first kappa shape index (κ1) is 22.2. The van der Waals surface area contributed by atoms with E-state index < -0.39 is 0 Å². The van der Waals surface area contributed by atoms with Crippen LogP contribution in [0.25, 0.3) is 11.3 Å². The Morgan fingerprint density at radius 2 is 1.74 bits per heavy atom. The number of thiazole rings is 1. The number of rotatable bonds is 8. The van der Waals surface area contributed by atoms with Crippen LogP contribution in [0.5, 0.6) is 23.0 Å². The Balaban J connectivity index is 2.08. The maximum atomic E-state index is 10.1. The van der Waals surface area contributed by atoms with Crippen molar-refractivity contribution < 1.29 is 19.3 Å². The van der Waals surface area contributed by atoms with Crippen LogP contribution in [0.2, 0.25) is 0 Å². The summed E-state index contributed by atoms with van der Waals surface area (Å²) in [5.41, 5.74) is 3.54. The number of aromatic hydroxyl groups is 1. The number of nitrogens with zero attached hydrogens (tertiary/aromatic N) is 3. The minimum atomic E-state index is -0.0543. The second-order valence-electron chi connectivity index (χ2n) is 6.74. The van der Waals surface area contributed by atoms with Crippen molar-refractivity contribution in [2.45, 2.75) is 6.92 Å². The molecule has 0 bridgehead atoms. The van der Waals surface area contributed by atoms with E-state index in [9.17, 15) is 5.11 Å². The first-order valence-corrected chi connectivity index (χ1v) is 10.3. The lowest BCUT2D eigenvalue weighted by Crippen LogP contribution is -2.13. The molecule has 0 atom stereocenters. The van der Waals surface area contributed by atoms with Gasteiger partial charge in [0.1, 0.15) is 5.75 Å². The van der Waals surface area contributed by atoms with Gasteiger partial charge in [-0.25, -0.2) is 4.68 Å². The van der Waals surface area contributed by atoms with Gasteiger partial charge in [0.25, 0.3) is 0 Å². The summed E-state index contributed by atoms with van der Waals surface area (Å²) in [6.45, 7) is 6.37. The van der Waals surface area contributed by atoms with Gasteiger partial charge in [-0.15, -0.1) is 11.3 Å². The predicted molar refractivity (Wildman–Crippen MR) is 124 cm³/mol. The molecule has 2 aromatic carbocycles. The minimum Gasteiger partial charge on any atom is -0.502 e. The Kier molecular flexibility index (Phi) is 7.15. The molecule has 0 unspecified atom stereocenters. The van der Waals surface area contributed by atoms with Gasteiger partial charge in [0, 0.05) is 16.5 Å². The van der Waals surface area contributed by atoms with Crippen molar-refractivity contribution in [3.05, 3.63) is 64.3 Å². The molecule has 162 valence electrons. The van der Waals surface area contributed by atoms with Crippen LogP contribution in [-0.2, 0) is 0 Å². The fourth-order valence-electron chi connectivity index (χ4n) is 2.79. The fourth-order valence-corrected chi connectivity index (χ4v) is 3.63. The van der Waals surface area contributed by atoms with Gasteiger partial charge in [-0.3, -0.25) is 4.99 Å². The number of phenolic OH excluding ortho intramolecular Hbond substituents is 1. The van der Waals surface area contributed by atoms with Crippen LogP contribution >= 0.6 is 11.3 Å². The Labute approximate surface area is 185 Å². The molecule has 3 rings (SSSR count). The van der Waals surface area contributed by atoms with Crippen molar-refractivity contribution in [2.75, 3.05) is 27.9 Å². The molecule has 7 nitrogen and oxygen atoms in total. The summed E-state index contributed by atoms with van der Waals surface area (Å²) in [4.78, 5) is 5.37. The van der Waals surface area contributed by atoms with E-state index in [0.29, 0.717) is 23.6 Å². The maximum absolute atomic E-state index is 10.1. The Morgan fingerprint density at radius 3 is 2.29 bits per heavy atom. The Bertz CT molecular complexity index is 1140. The van der Waals surface area contributed by atoms with Gasteiger partial charge in [-0.2, -0.15) is 5.10 Å². The maximum Gasteiger partial charge on any atom is 0.206 e. The number of benzene rings is 2. The van der Waals surface area contributed by atoms with E-state index >= 15 is 0 Å². The molecule has 0 aliphatic heterocycles. The fraction of sp³-hybridized carbons (Fsp3) is 0.217. The molecule has 1 heterocycles. The van der Waals surface area contributed by atoms with Gasteiger partial charge in [-0.05, 0) is 43.3 Å². The van der Waals surface area contributed by atoms with Crippen LogP contribution < -0.4 is 19.0 Å². The summed E-state index contributed by atoms with van der Waals surface area (Å²) in [6.07, 6.45) is 1.67. The molecule has 3 aromatic rings. The first-order valence-electron chi connectivity index (χ1n) is 9.46. The highest BCUT2D eigenvalue weighted by Crippen LogP contribution is 2.36. The van der Waals surface area contributed by atoms with Crippen LogP contribution in [0, 0.1) is 0 Å². The average molecular weight is 440 g/mol. The first-order chi connectivity index (χ1) is 15.0. The standard InChI is InChI=1S/C23H25N3O4S/c1-15(2)12-24-23-26(19(14-31-23)17-6-8-18(28-3)9-7-17)25-13-16-10-20(29-4)22(27)21(11-16)30-5/h6-11,13-14,27H,1,12H2,2-5H3. The molecule has 8 heteroatoms. The largest absolute Gasteiger partial charge is 0.502 e. The van der Waals surface area contributed by atoms with Gasteiger partial charge in [0.2, 0.25) is 10.6 Å². The third-order valence-corrected chi connectivity index (χ3v) is 5.23. The number of aromatic nitrogens is 1. The lowest BCUT2D eigenvalue weighted by atomic mass is 10.2. The topological polar surface area (TPSA) is 77.6 Å². The third kappa shape index (κ3) is 5.16. The zero-order valence-electron chi connectivity index (χ0n) is 18.0. The normalized spacial score (nSPS) is 11.7. The molecule has 0 radical (unpaired) electrons. The van der Waals surface area contributed by atoms with Crippen LogP contribution in [0.1, 0.15) is 12.5 Å². The van der Waals surface area contributed by atoms with E-state index in [1.807, 2.05) is 36.6 Å². The molecule has 0 saturated carbocycles. The molecule has 0 saturated heterocycles. The molecular formula is C23H25N3O4S. The summed E-state index contributed by atoms with van der Waals surface area (Å²) >= 11 is 1.50. The highest BCUT2D eigenvalue weighted by Gasteiger charge is 2.11. The van der Waals surface area contributed by atoms with Gasteiger partial charge in [0.05, 0.1) is 39.8 Å². The molecule has 0 aliphatic carbocycles. The summed E-state index contributed by atoms with van der Waals surface area (Å²) < 4.78 is 17.5. The number of hydrogen-bond donors (Lipinski definition) is 1. The predicted octanol–water partition coefficient (Wildman–Crippen LogP) is 4.31. The van der Waals surface area contributed by atoms with Crippen molar-refractivity contribution in [1.29, 1.82) is 0 Å². The summed E-state index contributed by atoms with van der Waals surface area (Å²) in [5, 5.41) is 16.8. The Morgan fingerprint density at radius 1 is 1.10 bits per heavy atom. The highest BCUT2D eigenvalue weighted by atomic mass is 32.1. The summed E-state index contributed by atoms with van der Waals surface area (Å²) in [6, 6.07) is 11.1. The third-order valence-electron chi connectivity index (χ3n) is 4.38. The van der Waals surface area contributed by atoms with Crippen molar-refractivity contribution in [3.8, 4) is 34.3 Å². The summed E-state index contributed by atoms with van der Waals surface area (Å²) in [5.74, 6) is 1.34. The van der Waals surface area contributed by atoms with Crippen LogP contribution in [0.15, 0.2) is 64.0 Å².